The second kappa shape index (κ2) is 9.03. The highest BCUT2D eigenvalue weighted by Gasteiger charge is 2.25. The van der Waals surface area contributed by atoms with Crippen LogP contribution in [0, 0.1) is 23.3 Å². The highest BCUT2D eigenvalue weighted by atomic mass is 35.5. The Balaban J connectivity index is 2.59. The molecule has 1 aromatic carbocycles. The predicted molar refractivity (Wildman–Crippen MR) is 93.6 cm³/mol. The number of carbonyl (C=O) groups is 1. The summed E-state index contributed by atoms with van der Waals surface area (Å²) in [6, 6.07) is 0.185. The molecule has 1 aromatic rings. The average molecular weight is 420 g/mol. The summed E-state index contributed by atoms with van der Waals surface area (Å²) in [5.74, 6) is -10.3. The Morgan fingerprint density at radius 3 is 2.64 bits per heavy atom. The zero-order valence-corrected chi connectivity index (χ0v) is 15.1. The molecule has 10 heteroatoms. The van der Waals surface area contributed by atoms with Crippen LogP contribution in [0.1, 0.15) is 18.9 Å². The highest BCUT2D eigenvalue weighted by Crippen LogP contribution is 2.26. The van der Waals surface area contributed by atoms with Gasteiger partial charge in [0.15, 0.2) is 23.3 Å². The molecule has 0 aliphatic heterocycles. The number of allylic oxidation sites excluding steroid dienone is 2. The number of benzene rings is 1. The van der Waals surface area contributed by atoms with Gasteiger partial charge in [0.05, 0.1) is 24.0 Å². The Labute approximate surface area is 161 Å². The summed E-state index contributed by atoms with van der Waals surface area (Å²) < 4.78 is 58.7. The van der Waals surface area contributed by atoms with E-state index < -0.39 is 52.2 Å². The number of esters is 1. The number of aliphatic imine (C=N–C) groups is 1. The molecule has 1 atom stereocenters. The van der Waals surface area contributed by atoms with Crippen molar-refractivity contribution in [3.8, 4) is 0 Å². The molecule has 0 radical (unpaired) electrons. The van der Waals surface area contributed by atoms with E-state index in [4.69, 9.17) is 16.3 Å². The van der Waals surface area contributed by atoms with Crippen molar-refractivity contribution in [3.63, 3.8) is 0 Å². The fourth-order valence-corrected chi connectivity index (χ4v) is 2.41. The van der Waals surface area contributed by atoms with E-state index in [1.54, 1.807) is 0 Å². The van der Waals surface area contributed by atoms with Gasteiger partial charge in [-0.05, 0) is 25.5 Å². The van der Waals surface area contributed by atoms with E-state index in [-0.39, 0.29) is 29.8 Å². The first-order valence-corrected chi connectivity index (χ1v) is 8.28. The topological polar surface area (TPSA) is 79.1 Å². The van der Waals surface area contributed by atoms with E-state index in [1.807, 2.05) is 0 Å². The summed E-state index contributed by atoms with van der Waals surface area (Å²) in [5, 5.41) is 20.3. The van der Waals surface area contributed by atoms with Crippen molar-refractivity contribution in [2.75, 3.05) is 6.61 Å². The summed E-state index contributed by atoms with van der Waals surface area (Å²) in [4.78, 5) is 15.9. The van der Waals surface area contributed by atoms with Crippen LogP contribution in [-0.2, 0) is 9.53 Å². The lowest BCUT2D eigenvalue weighted by Crippen LogP contribution is -2.15. The Morgan fingerprint density at radius 1 is 1.32 bits per heavy atom. The molecule has 0 heterocycles. The summed E-state index contributed by atoms with van der Waals surface area (Å²) in [5.41, 5.74) is -1.87. The normalized spacial score (nSPS) is 17.9. The maximum atomic E-state index is 14.0. The van der Waals surface area contributed by atoms with Gasteiger partial charge in [-0.2, -0.15) is 0 Å². The molecule has 0 saturated heterocycles. The first-order chi connectivity index (χ1) is 13.2. The van der Waals surface area contributed by atoms with Crippen molar-refractivity contribution in [1.29, 1.82) is 0 Å². The lowest BCUT2D eigenvalue weighted by Gasteiger charge is -2.14. The molecule has 0 bridgehead atoms. The van der Waals surface area contributed by atoms with E-state index >= 15 is 0 Å². The molecule has 1 unspecified atom stereocenters. The van der Waals surface area contributed by atoms with Crippen molar-refractivity contribution in [3.05, 3.63) is 63.4 Å². The number of halogens is 5. The minimum atomic E-state index is -2.16. The van der Waals surface area contributed by atoms with Gasteiger partial charge in [-0.15, -0.1) is 0 Å². The van der Waals surface area contributed by atoms with Gasteiger partial charge in [0.2, 0.25) is 0 Å². The second-order valence-corrected chi connectivity index (χ2v) is 5.93. The molecule has 5 nitrogen and oxygen atoms in total. The highest BCUT2D eigenvalue weighted by molar-refractivity contribution is 6.31. The first-order valence-electron chi connectivity index (χ1n) is 7.90. The number of aliphatic hydroxyl groups is 2. The van der Waals surface area contributed by atoms with Gasteiger partial charge in [-0.1, -0.05) is 17.7 Å². The van der Waals surface area contributed by atoms with Crippen molar-refractivity contribution in [2.24, 2.45) is 4.99 Å². The van der Waals surface area contributed by atoms with Crippen molar-refractivity contribution in [2.45, 2.75) is 19.4 Å². The Kier molecular flexibility index (Phi) is 6.98. The molecule has 1 aliphatic rings. The minimum absolute atomic E-state index is 0.0130. The molecule has 0 amide bonds. The summed E-state index contributed by atoms with van der Waals surface area (Å²) in [6.45, 7) is 1.30. The van der Waals surface area contributed by atoms with E-state index in [9.17, 15) is 32.6 Å². The van der Waals surface area contributed by atoms with Crippen molar-refractivity contribution >= 4 is 29.5 Å². The van der Waals surface area contributed by atoms with Crippen LogP contribution in [0.25, 0.3) is 5.76 Å². The molecule has 2 N–H and O–H groups in total. The smallest absolute Gasteiger partial charge is 0.343 e. The van der Waals surface area contributed by atoms with E-state index in [2.05, 4.69) is 4.99 Å². The van der Waals surface area contributed by atoms with E-state index in [0.717, 1.165) is 6.21 Å². The molecule has 0 aromatic heterocycles. The van der Waals surface area contributed by atoms with Gasteiger partial charge in [0.25, 0.3) is 0 Å². The van der Waals surface area contributed by atoms with Crippen LogP contribution in [0.15, 0.2) is 39.5 Å². The van der Waals surface area contributed by atoms with Crippen LogP contribution in [0.4, 0.5) is 17.6 Å². The number of nitrogens with zero attached hydrogens (tertiary/aromatic N) is 1. The quantitative estimate of drug-likeness (QED) is 0.144. The second-order valence-electron chi connectivity index (χ2n) is 5.50. The third-order valence-corrected chi connectivity index (χ3v) is 3.88. The maximum Gasteiger partial charge on any atom is 0.343 e. The summed E-state index contributed by atoms with van der Waals surface area (Å²) >= 11 is 5.81. The van der Waals surface area contributed by atoms with Crippen LogP contribution in [0.2, 0.25) is 0 Å². The molecule has 0 fully saturated rings. The van der Waals surface area contributed by atoms with Gasteiger partial charge in [-0.3, -0.25) is 4.99 Å². The molecule has 2 rings (SSSR count). The van der Waals surface area contributed by atoms with Crippen LogP contribution < -0.4 is 0 Å². The standard InChI is InChI=1S/C18H14ClF4NO4/c1-2-28-18(27)10(7-24-12-5-8(19)3-4-13(12)25)17(26)9-6-11(20)15(22)16(23)14(9)21/h3,5-7,13,25-26H,2,4H2,1H3. The van der Waals surface area contributed by atoms with Crippen LogP contribution >= 0.6 is 11.6 Å². The zero-order valence-electron chi connectivity index (χ0n) is 14.3. The molecular formula is C18H14ClF4NO4. The van der Waals surface area contributed by atoms with Gasteiger partial charge in [0.1, 0.15) is 11.3 Å². The fourth-order valence-electron chi connectivity index (χ4n) is 2.21. The number of aliphatic hydroxyl groups excluding tert-OH is 2. The van der Waals surface area contributed by atoms with Crippen molar-refractivity contribution < 1.29 is 37.3 Å². The Hall–Kier alpha value is -2.65. The summed E-state index contributed by atoms with van der Waals surface area (Å²) in [7, 11) is 0. The molecule has 28 heavy (non-hydrogen) atoms. The number of hydrogen-bond donors (Lipinski definition) is 2. The average Bonchev–Trinajstić information content (AvgIpc) is 2.65. The van der Waals surface area contributed by atoms with Gasteiger partial charge in [0, 0.05) is 11.2 Å². The lowest BCUT2D eigenvalue weighted by atomic mass is 10.1. The maximum absolute atomic E-state index is 14.0. The van der Waals surface area contributed by atoms with Gasteiger partial charge < -0.3 is 14.9 Å². The monoisotopic (exact) mass is 419 g/mol. The fraction of sp³-hybridized carbons (Fsp3) is 0.222. The minimum Gasteiger partial charge on any atom is -0.506 e. The zero-order chi connectivity index (χ0) is 21.0. The molecular weight excluding hydrogens is 406 g/mol. The first kappa shape index (κ1) is 21.6. The van der Waals surface area contributed by atoms with Crippen LogP contribution in [-0.4, -0.2) is 35.1 Å². The number of rotatable bonds is 5. The molecule has 150 valence electrons. The Morgan fingerprint density at radius 2 is 2.00 bits per heavy atom. The molecule has 1 aliphatic carbocycles. The molecule has 0 spiro atoms. The van der Waals surface area contributed by atoms with E-state index in [0.29, 0.717) is 0 Å². The van der Waals surface area contributed by atoms with E-state index in [1.165, 1.54) is 19.1 Å². The third-order valence-electron chi connectivity index (χ3n) is 3.61. The third kappa shape index (κ3) is 4.60. The van der Waals surface area contributed by atoms with Crippen LogP contribution in [0.3, 0.4) is 0 Å². The number of ether oxygens (including phenoxy) is 1. The van der Waals surface area contributed by atoms with Crippen molar-refractivity contribution in [1.82, 2.24) is 0 Å². The summed E-state index contributed by atoms with van der Waals surface area (Å²) in [6.07, 6.45) is 2.59. The predicted octanol–water partition coefficient (Wildman–Crippen LogP) is 3.92. The SMILES string of the molecule is CCOC(=O)C(C=NC1=CC(Cl)=CCC1O)=C(O)c1cc(F)c(F)c(F)c1F. The van der Waals surface area contributed by atoms with Gasteiger partial charge in [-0.25, -0.2) is 22.4 Å². The molecule has 0 saturated carbocycles. The number of carbonyl (C=O) groups excluding carboxylic acids is 1. The van der Waals surface area contributed by atoms with Gasteiger partial charge >= 0.3 is 5.97 Å². The Bertz CT molecular complexity index is 925. The number of hydrogen-bond acceptors (Lipinski definition) is 5. The lowest BCUT2D eigenvalue weighted by molar-refractivity contribution is -0.137. The van der Waals surface area contributed by atoms with Crippen LogP contribution in [0.5, 0.6) is 0 Å². The largest absolute Gasteiger partial charge is 0.506 e.